The average Bonchev–Trinajstić information content (AvgIpc) is 3.10. The highest BCUT2D eigenvalue weighted by Gasteiger charge is 2.34. The van der Waals surface area contributed by atoms with Gasteiger partial charge in [0.05, 0.1) is 5.56 Å². The molecule has 3 N–H and O–H groups in total. The van der Waals surface area contributed by atoms with Gasteiger partial charge in [0.15, 0.2) is 0 Å². The monoisotopic (exact) mass is 363 g/mol. The highest BCUT2D eigenvalue weighted by Crippen LogP contribution is 2.31. The smallest absolute Gasteiger partial charge is 0.351 e. The number of alkyl halides is 3. The van der Waals surface area contributed by atoms with Crippen molar-refractivity contribution >= 4 is 5.91 Å². The molecular weight excluding hydrogens is 343 g/mol. The highest BCUT2D eigenvalue weighted by molar-refractivity contribution is 5.82. The molecule has 4 nitrogen and oxygen atoms in total. The van der Waals surface area contributed by atoms with E-state index in [-0.39, 0.29) is 24.1 Å². The van der Waals surface area contributed by atoms with Crippen molar-refractivity contribution in [2.24, 2.45) is 0 Å². The Morgan fingerprint density at radius 2 is 1.81 bits per heavy atom. The van der Waals surface area contributed by atoms with Gasteiger partial charge in [-0.05, 0) is 30.5 Å². The van der Waals surface area contributed by atoms with Crippen molar-refractivity contribution in [1.29, 1.82) is 0 Å². The molecule has 0 bridgehead atoms. The minimum Gasteiger partial charge on any atom is -0.351 e. The Morgan fingerprint density at radius 1 is 1.12 bits per heavy atom. The third-order valence-electron chi connectivity index (χ3n) is 4.48. The van der Waals surface area contributed by atoms with Crippen LogP contribution in [-0.4, -0.2) is 11.9 Å². The zero-order valence-electron chi connectivity index (χ0n) is 14.2. The Kier molecular flexibility index (Phi) is 5.29. The van der Waals surface area contributed by atoms with Gasteiger partial charge in [0.2, 0.25) is 5.91 Å². The molecule has 1 aliphatic heterocycles. The number of hydrogen-bond acceptors (Lipinski definition) is 3. The van der Waals surface area contributed by atoms with E-state index in [1.54, 1.807) is 0 Å². The van der Waals surface area contributed by atoms with Crippen molar-refractivity contribution in [3.05, 3.63) is 70.8 Å². The quantitative estimate of drug-likeness (QED) is 0.782. The third-order valence-corrected chi connectivity index (χ3v) is 4.48. The van der Waals surface area contributed by atoms with Crippen LogP contribution in [0.15, 0.2) is 48.5 Å². The lowest BCUT2D eigenvalue weighted by Crippen LogP contribution is -2.43. The van der Waals surface area contributed by atoms with Gasteiger partial charge >= 0.3 is 6.18 Å². The van der Waals surface area contributed by atoms with Crippen molar-refractivity contribution in [3.63, 3.8) is 0 Å². The first kappa shape index (κ1) is 18.4. The first-order valence-electron chi connectivity index (χ1n) is 8.35. The lowest BCUT2D eigenvalue weighted by atomic mass is 10.0. The van der Waals surface area contributed by atoms with Gasteiger partial charge in [-0.2, -0.15) is 13.2 Å². The van der Waals surface area contributed by atoms with Crippen LogP contribution in [0.4, 0.5) is 13.2 Å². The van der Waals surface area contributed by atoms with E-state index in [1.165, 1.54) is 18.2 Å². The first-order chi connectivity index (χ1) is 12.3. The normalized spacial score (nSPS) is 20.2. The van der Waals surface area contributed by atoms with E-state index in [9.17, 15) is 18.0 Å². The number of hydrazine groups is 1. The zero-order chi connectivity index (χ0) is 18.7. The van der Waals surface area contributed by atoms with E-state index in [1.807, 2.05) is 31.2 Å². The van der Waals surface area contributed by atoms with E-state index < -0.39 is 17.8 Å². The summed E-state index contributed by atoms with van der Waals surface area (Å²) >= 11 is 0. The van der Waals surface area contributed by atoms with E-state index in [0.29, 0.717) is 6.42 Å². The Labute approximate surface area is 149 Å². The maximum atomic E-state index is 13.0. The van der Waals surface area contributed by atoms with Crippen molar-refractivity contribution < 1.29 is 18.0 Å². The number of halogens is 3. The fraction of sp³-hybridized carbons (Fsp3) is 0.316. The molecule has 2 aromatic carbocycles. The molecule has 1 amide bonds. The van der Waals surface area contributed by atoms with Gasteiger partial charge in [0.25, 0.3) is 0 Å². The molecule has 1 aliphatic rings. The number of carbonyl (C=O) groups excluding carboxylic acids is 1. The summed E-state index contributed by atoms with van der Waals surface area (Å²) in [5.41, 5.74) is 7.51. The average molecular weight is 363 g/mol. The van der Waals surface area contributed by atoms with Crippen LogP contribution in [0.25, 0.3) is 0 Å². The Bertz CT molecular complexity index is 774. The standard InChI is InChI=1S/C19H20F3N3O/c1-12-6-8-13(9-7-12)16-10-17(25-24-16)18(26)23-11-14-4-2-3-5-15(14)19(20,21)22/h2-9,16-17,24-25H,10-11H2,1H3,(H,23,26). The van der Waals surface area contributed by atoms with Crippen molar-refractivity contribution in [3.8, 4) is 0 Å². The van der Waals surface area contributed by atoms with Crippen LogP contribution in [-0.2, 0) is 17.5 Å². The molecule has 2 atom stereocenters. The maximum Gasteiger partial charge on any atom is 0.416 e. The molecule has 2 aromatic rings. The molecule has 1 heterocycles. The minimum atomic E-state index is -4.44. The molecule has 0 saturated carbocycles. The fourth-order valence-electron chi connectivity index (χ4n) is 3.00. The van der Waals surface area contributed by atoms with Crippen LogP contribution < -0.4 is 16.2 Å². The molecule has 1 fully saturated rings. The van der Waals surface area contributed by atoms with Crippen molar-refractivity contribution in [2.45, 2.75) is 38.1 Å². The first-order valence-corrected chi connectivity index (χ1v) is 8.35. The Morgan fingerprint density at radius 3 is 2.50 bits per heavy atom. The second kappa shape index (κ2) is 7.47. The summed E-state index contributed by atoms with van der Waals surface area (Å²) in [6, 6.07) is 12.7. The van der Waals surface area contributed by atoms with Crippen molar-refractivity contribution in [2.75, 3.05) is 0 Å². The van der Waals surface area contributed by atoms with Gasteiger partial charge in [-0.3, -0.25) is 4.79 Å². The van der Waals surface area contributed by atoms with E-state index in [2.05, 4.69) is 16.2 Å². The fourth-order valence-corrected chi connectivity index (χ4v) is 3.00. The number of nitrogens with one attached hydrogen (secondary N) is 3. The Hall–Kier alpha value is -2.38. The molecule has 3 rings (SSSR count). The molecule has 26 heavy (non-hydrogen) atoms. The number of hydrogen-bond donors (Lipinski definition) is 3. The summed E-state index contributed by atoms with van der Waals surface area (Å²) in [6.45, 7) is 1.83. The number of carbonyl (C=O) groups is 1. The molecular formula is C19H20F3N3O. The summed E-state index contributed by atoms with van der Waals surface area (Å²) in [6.07, 6.45) is -3.92. The predicted octanol–water partition coefficient (Wildman–Crippen LogP) is 3.24. The van der Waals surface area contributed by atoms with Crippen LogP contribution in [0.2, 0.25) is 0 Å². The second-order valence-electron chi connectivity index (χ2n) is 6.41. The highest BCUT2D eigenvalue weighted by atomic mass is 19.4. The molecule has 1 saturated heterocycles. The zero-order valence-corrected chi connectivity index (χ0v) is 14.2. The van der Waals surface area contributed by atoms with Gasteiger partial charge in [-0.1, -0.05) is 48.0 Å². The summed E-state index contributed by atoms with van der Waals surface area (Å²) in [4.78, 5) is 12.3. The van der Waals surface area contributed by atoms with Crippen LogP contribution >= 0.6 is 0 Å². The molecule has 0 spiro atoms. The molecule has 0 aliphatic carbocycles. The number of rotatable bonds is 4. The SMILES string of the molecule is Cc1ccc(C2CC(C(=O)NCc3ccccc3C(F)(F)F)NN2)cc1. The van der Waals surface area contributed by atoms with E-state index >= 15 is 0 Å². The van der Waals surface area contributed by atoms with Gasteiger partial charge in [0.1, 0.15) is 6.04 Å². The van der Waals surface area contributed by atoms with Crippen LogP contribution in [0.3, 0.4) is 0 Å². The molecule has 2 unspecified atom stereocenters. The van der Waals surface area contributed by atoms with E-state index in [4.69, 9.17) is 0 Å². The molecule has 138 valence electrons. The van der Waals surface area contributed by atoms with Gasteiger partial charge in [0, 0.05) is 12.6 Å². The van der Waals surface area contributed by atoms with Gasteiger partial charge in [-0.15, -0.1) is 0 Å². The summed E-state index contributed by atoms with van der Waals surface area (Å²) < 4.78 is 39.0. The maximum absolute atomic E-state index is 13.0. The van der Waals surface area contributed by atoms with Gasteiger partial charge < -0.3 is 5.32 Å². The van der Waals surface area contributed by atoms with Crippen LogP contribution in [0.1, 0.15) is 34.7 Å². The summed E-state index contributed by atoms with van der Waals surface area (Å²) in [5, 5.41) is 2.59. The Balaban J connectivity index is 1.59. The summed E-state index contributed by atoms with van der Waals surface area (Å²) in [7, 11) is 0. The topological polar surface area (TPSA) is 53.2 Å². The minimum absolute atomic E-state index is 0.0196. The van der Waals surface area contributed by atoms with Crippen LogP contribution in [0.5, 0.6) is 0 Å². The molecule has 7 heteroatoms. The number of benzene rings is 2. The van der Waals surface area contributed by atoms with Crippen molar-refractivity contribution in [1.82, 2.24) is 16.2 Å². The van der Waals surface area contributed by atoms with Gasteiger partial charge in [-0.25, -0.2) is 10.9 Å². The predicted molar refractivity (Wildman–Crippen MR) is 91.9 cm³/mol. The largest absolute Gasteiger partial charge is 0.416 e. The second-order valence-corrected chi connectivity index (χ2v) is 6.41. The summed E-state index contributed by atoms with van der Waals surface area (Å²) in [5.74, 6) is -0.330. The van der Waals surface area contributed by atoms with E-state index in [0.717, 1.165) is 17.2 Å². The third kappa shape index (κ3) is 4.23. The molecule has 0 aromatic heterocycles. The number of aryl methyl sites for hydroxylation is 1. The lowest BCUT2D eigenvalue weighted by Gasteiger charge is -2.15. The van der Waals surface area contributed by atoms with Crippen LogP contribution in [0, 0.1) is 6.92 Å². The lowest BCUT2D eigenvalue weighted by molar-refractivity contribution is -0.138. The number of amides is 1. The molecule has 0 radical (unpaired) electrons.